The molecule has 0 amide bonds. The van der Waals surface area contributed by atoms with Crippen molar-refractivity contribution >= 4 is 5.84 Å². The number of hydrogen-bond donors (Lipinski definition) is 1. The molecule has 1 aromatic heterocycles. The van der Waals surface area contributed by atoms with E-state index in [1.807, 2.05) is 18.2 Å². The standard InChI is InChI=1S/C10H13N3/c11-10-5-3-7-13(10)8-9-4-1-2-6-12-9/h1-2,4,6,11H,3,5,7-8H2. The molecule has 68 valence electrons. The van der Waals surface area contributed by atoms with E-state index in [0.29, 0.717) is 0 Å². The van der Waals surface area contributed by atoms with Crippen LogP contribution in [0.25, 0.3) is 0 Å². The highest BCUT2D eigenvalue weighted by molar-refractivity contribution is 5.80. The fourth-order valence-corrected chi connectivity index (χ4v) is 1.59. The van der Waals surface area contributed by atoms with Gasteiger partial charge in [-0.05, 0) is 18.6 Å². The summed E-state index contributed by atoms with van der Waals surface area (Å²) in [5.74, 6) is 0.755. The maximum Gasteiger partial charge on any atom is 0.0961 e. The van der Waals surface area contributed by atoms with Crippen LogP contribution in [0.2, 0.25) is 0 Å². The number of hydrogen-bond acceptors (Lipinski definition) is 2. The van der Waals surface area contributed by atoms with Crippen LogP contribution in [0.3, 0.4) is 0 Å². The first-order valence-corrected chi connectivity index (χ1v) is 4.58. The molecule has 1 N–H and O–H groups in total. The second-order valence-corrected chi connectivity index (χ2v) is 3.29. The van der Waals surface area contributed by atoms with Gasteiger partial charge in [-0.25, -0.2) is 0 Å². The number of amidine groups is 1. The van der Waals surface area contributed by atoms with Crippen LogP contribution in [0.5, 0.6) is 0 Å². The molecule has 0 radical (unpaired) electrons. The summed E-state index contributed by atoms with van der Waals surface area (Å²) in [6.45, 7) is 1.80. The molecule has 0 aliphatic carbocycles. The lowest BCUT2D eigenvalue weighted by molar-refractivity contribution is 0.440. The molecule has 0 spiro atoms. The van der Waals surface area contributed by atoms with Crippen molar-refractivity contribution in [1.82, 2.24) is 9.88 Å². The van der Waals surface area contributed by atoms with Crippen LogP contribution in [0, 0.1) is 5.41 Å². The first kappa shape index (κ1) is 8.23. The van der Waals surface area contributed by atoms with Gasteiger partial charge in [0.25, 0.3) is 0 Å². The largest absolute Gasteiger partial charge is 0.355 e. The molecule has 2 rings (SSSR count). The second kappa shape index (κ2) is 3.56. The topological polar surface area (TPSA) is 40.0 Å². The molecule has 1 aliphatic heterocycles. The monoisotopic (exact) mass is 175 g/mol. The Morgan fingerprint density at radius 1 is 1.46 bits per heavy atom. The molecular formula is C10H13N3. The molecule has 3 nitrogen and oxygen atoms in total. The lowest BCUT2D eigenvalue weighted by atomic mass is 10.3. The molecule has 1 aliphatic rings. The Morgan fingerprint density at radius 2 is 2.38 bits per heavy atom. The molecule has 0 saturated carbocycles. The predicted octanol–water partition coefficient (Wildman–Crippen LogP) is 1.65. The first-order valence-electron chi connectivity index (χ1n) is 4.58. The second-order valence-electron chi connectivity index (χ2n) is 3.29. The summed E-state index contributed by atoms with van der Waals surface area (Å²) < 4.78 is 0. The molecule has 1 saturated heterocycles. The Kier molecular flexibility index (Phi) is 2.25. The lowest BCUT2D eigenvalue weighted by Crippen LogP contribution is -2.23. The van der Waals surface area contributed by atoms with Crippen molar-refractivity contribution in [3.8, 4) is 0 Å². The van der Waals surface area contributed by atoms with Crippen molar-refractivity contribution in [3.63, 3.8) is 0 Å². The van der Waals surface area contributed by atoms with Gasteiger partial charge in [0.05, 0.1) is 18.1 Å². The Bertz CT molecular complexity index is 294. The van der Waals surface area contributed by atoms with Crippen molar-refractivity contribution < 1.29 is 0 Å². The van der Waals surface area contributed by atoms with Gasteiger partial charge in [0.15, 0.2) is 0 Å². The first-order chi connectivity index (χ1) is 6.36. The zero-order chi connectivity index (χ0) is 9.10. The zero-order valence-electron chi connectivity index (χ0n) is 7.53. The van der Waals surface area contributed by atoms with Gasteiger partial charge in [-0.1, -0.05) is 6.07 Å². The van der Waals surface area contributed by atoms with E-state index in [-0.39, 0.29) is 0 Å². The summed E-state index contributed by atoms with van der Waals surface area (Å²) in [4.78, 5) is 6.32. The lowest BCUT2D eigenvalue weighted by Gasteiger charge is -2.16. The fraction of sp³-hybridized carbons (Fsp3) is 0.400. The number of rotatable bonds is 2. The predicted molar refractivity (Wildman–Crippen MR) is 51.6 cm³/mol. The van der Waals surface area contributed by atoms with Gasteiger partial charge < -0.3 is 4.90 Å². The normalized spacial score (nSPS) is 16.6. The van der Waals surface area contributed by atoms with E-state index in [4.69, 9.17) is 5.41 Å². The minimum atomic E-state index is 0.755. The van der Waals surface area contributed by atoms with E-state index < -0.39 is 0 Å². The number of nitrogens with one attached hydrogen (secondary N) is 1. The van der Waals surface area contributed by atoms with Crippen molar-refractivity contribution in [2.24, 2.45) is 0 Å². The molecule has 0 bridgehead atoms. The third-order valence-corrected chi connectivity index (χ3v) is 2.30. The summed E-state index contributed by atoms with van der Waals surface area (Å²) in [5, 5.41) is 7.65. The molecule has 1 aromatic rings. The quantitative estimate of drug-likeness (QED) is 0.742. The number of nitrogens with zero attached hydrogens (tertiary/aromatic N) is 2. The number of aromatic nitrogens is 1. The summed E-state index contributed by atoms with van der Waals surface area (Å²) in [7, 11) is 0. The van der Waals surface area contributed by atoms with Crippen molar-refractivity contribution in [2.75, 3.05) is 6.54 Å². The molecule has 0 unspecified atom stereocenters. The van der Waals surface area contributed by atoms with Crippen LogP contribution in [-0.4, -0.2) is 22.3 Å². The van der Waals surface area contributed by atoms with Gasteiger partial charge >= 0.3 is 0 Å². The highest BCUT2D eigenvalue weighted by Crippen LogP contribution is 2.12. The van der Waals surface area contributed by atoms with E-state index in [1.54, 1.807) is 6.20 Å². The zero-order valence-corrected chi connectivity index (χ0v) is 7.53. The smallest absolute Gasteiger partial charge is 0.0961 e. The van der Waals surface area contributed by atoms with E-state index in [1.165, 1.54) is 0 Å². The van der Waals surface area contributed by atoms with Crippen molar-refractivity contribution in [2.45, 2.75) is 19.4 Å². The average molecular weight is 175 g/mol. The Morgan fingerprint density at radius 3 is 3.00 bits per heavy atom. The molecule has 2 heterocycles. The Hall–Kier alpha value is -1.38. The average Bonchev–Trinajstić information content (AvgIpc) is 2.54. The van der Waals surface area contributed by atoms with Crippen LogP contribution in [0.4, 0.5) is 0 Å². The third kappa shape index (κ3) is 1.86. The van der Waals surface area contributed by atoms with Gasteiger partial charge in [0.1, 0.15) is 0 Å². The molecule has 0 aromatic carbocycles. The van der Waals surface area contributed by atoms with E-state index in [0.717, 1.165) is 37.5 Å². The number of pyridine rings is 1. The highest BCUT2D eigenvalue weighted by atomic mass is 15.2. The molecule has 3 heteroatoms. The summed E-state index contributed by atoms with van der Waals surface area (Å²) in [5.41, 5.74) is 1.05. The Balaban J connectivity index is 2.02. The van der Waals surface area contributed by atoms with Crippen LogP contribution >= 0.6 is 0 Å². The van der Waals surface area contributed by atoms with Gasteiger partial charge in [-0.3, -0.25) is 10.4 Å². The molecular weight excluding hydrogens is 162 g/mol. The van der Waals surface area contributed by atoms with E-state index in [9.17, 15) is 0 Å². The highest BCUT2D eigenvalue weighted by Gasteiger charge is 2.16. The fourth-order valence-electron chi connectivity index (χ4n) is 1.59. The summed E-state index contributed by atoms with van der Waals surface area (Å²) in [6, 6.07) is 5.91. The third-order valence-electron chi connectivity index (χ3n) is 2.30. The van der Waals surface area contributed by atoms with E-state index >= 15 is 0 Å². The maximum atomic E-state index is 7.65. The summed E-state index contributed by atoms with van der Waals surface area (Å²) >= 11 is 0. The minimum Gasteiger partial charge on any atom is -0.355 e. The maximum absolute atomic E-state index is 7.65. The van der Waals surface area contributed by atoms with Crippen LogP contribution < -0.4 is 0 Å². The van der Waals surface area contributed by atoms with E-state index in [2.05, 4.69) is 9.88 Å². The van der Waals surface area contributed by atoms with Gasteiger partial charge in [-0.2, -0.15) is 0 Å². The van der Waals surface area contributed by atoms with Crippen molar-refractivity contribution in [3.05, 3.63) is 30.1 Å². The van der Waals surface area contributed by atoms with Gasteiger partial charge in [0.2, 0.25) is 0 Å². The van der Waals surface area contributed by atoms with Crippen LogP contribution in [0.15, 0.2) is 24.4 Å². The van der Waals surface area contributed by atoms with Crippen LogP contribution in [-0.2, 0) is 6.54 Å². The summed E-state index contributed by atoms with van der Waals surface area (Å²) in [6.07, 6.45) is 3.84. The Labute approximate surface area is 77.9 Å². The molecule has 1 fully saturated rings. The van der Waals surface area contributed by atoms with Crippen LogP contribution in [0.1, 0.15) is 18.5 Å². The molecule has 13 heavy (non-hydrogen) atoms. The molecule has 0 atom stereocenters. The number of likely N-dealkylation sites (tertiary alicyclic amines) is 1. The SMILES string of the molecule is N=C1CCCN1Cc1ccccn1. The van der Waals surface area contributed by atoms with Crippen molar-refractivity contribution in [1.29, 1.82) is 5.41 Å². The minimum absolute atomic E-state index is 0.755. The van der Waals surface area contributed by atoms with Gasteiger partial charge in [-0.15, -0.1) is 0 Å². The van der Waals surface area contributed by atoms with Gasteiger partial charge in [0, 0.05) is 19.2 Å².